The van der Waals surface area contributed by atoms with Crippen molar-refractivity contribution in [3.05, 3.63) is 59.7 Å². The van der Waals surface area contributed by atoms with Crippen LogP contribution < -0.4 is 4.90 Å². The van der Waals surface area contributed by atoms with Gasteiger partial charge in [-0.2, -0.15) is 0 Å². The zero-order valence-electron chi connectivity index (χ0n) is 15.9. The van der Waals surface area contributed by atoms with E-state index in [4.69, 9.17) is 0 Å². The second kappa shape index (κ2) is 7.70. The molecule has 1 fully saturated rings. The predicted molar refractivity (Wildman–Crippen MR) is 107 cm³/mol. The molecule has 0 radical (unpaired) electrons. The number of aryl methyl sites for hydroxylation is 1. The first-order valence-corrected chi connectivity index (χ1v) is 10.4. The molecule has 0 bridgehead atoms. The molecule has 0 saturated carbocycles. The van der Waals surface area contributed by atoms with Gasteiger partial charge in [0.05, 0.1) is 4.90 Å². The first kappa shape index (κ1) is 19.4. The van der Waals surface area contributed by atoms with Crippen molar-refractivity contribution in [1.82, 2.24) is 9.21 Å². The summed E-state index contributed by atoms with van der Waals surface area (Å²) in [6, 6.07) is 14.6. The minimum absolute atomic E-state index is 0.0626. The standard InChI is InChI=1S/C20H25N3O3S/c1-16-4-8-18(9-5-16)22-12-14-23(15-13-22)20(24)17-6-10-19(11-7-17)27(25,26)21(2)3/h4-11H,12-15H2,1-3H3. The number of nitrogens with zero attached hydrogens (tertiary/aromatic N) is 3. The van der Waals surface area contributed by atoms with Crippen LogP contribution >= 0.6 is 0 Å². The molecule has 0 aliphatic carbocycles. The molecule has 1 aliphatic rings. The highest BCUT2D eigenvalue weighted by Crippen LogP contribution is 2.19. The molecule has 6 nitrogen and oxygen atoms in total. The van der Waals surface area contributed by atoms with Crippen LogP contribution in [0.5, 0.6) is 0 Å². The summed E-state index contributed by atoms with van der Waals surface area (Å²) in [5, 5.41) is 0. The summed E-state index contributed by atoms with van der Waals surface area (Å²) >= 11 is 0. The Labute approximate surface area is 161 Å². The number of carbonyl (C=O) groups is 1. The van der Waals surface area contributed by atoms with Gasteiger partial charge in [0.15, 0.2) is 0 Å². The van der Waals surface area contributed by atoms with Crippen molar-refractivity contribution in [3.8, 4) is 0 Å². The number of hydrogen-bond acceptors (Lipinski definition) is 4. The van der Waals surface area contributed by atoms with Crippen molar-refractivity contribution >= 4 is 21.6 Å². The SMILES string of the molecule is Cc1ccc(N2CCN(C(=O)c3ccc(S(=O)(=O)N(C)C)cc3)CC2)cc1. The molecule has 1 amide bonds. The molecular weight excluding hydrogens is 362 g/mol. The van der Waals surface area contributed by atoms with Crippen LogP contribution in [0, 0.1) is 6.92 Å². The zero-order chi connectivity index (χ0) is 19.6. The quantitative estimate of drug-likeness (QED) is 0.807. The van der Waals surface area contributed by atoms with Gasteiger partial charge in [0, 0.05) is 51.5 Å². The van der Waals surface area contributed by atoms with E-state index in [0.717, 1.165) is 17.4 Å². The van der Waals surface area contributed by atoms with Gasteiger partial charge in [0.25, 0.3) is 5.91 Å². The second-order valence-corrected chi connectivity index (χ2v) is 9.08. The molecule has 7 heteroatoms. The minimum atomic E-state index is -3.48. The third-order valence-corrected chi connectivity index (χ3v) is 6.68. The normalized spacial score (nSPS) is 15.3. The number of piperazine rings is 1. The molecule has 0 aromatic heterocycles. The predicted octanol–water partition coefficient (Wildman–Crippen LogP) is 2.21. The summed E-state index contributed by atoms with van der Waals surface area (Å²) < 4.78 is 25.4. The van der Waals surface area contributed by atoms with E-state index in [1.54, 1.807) is 12.1 Å². The summed E-state index contributed by atoms with van der Waals surface area (Å²) in [7, 11) is -0.507. The Morgan fingerprint density at radius 2 is 1.44 bits per heavy atom. The highest BCUT2D eigenvalue weighted by atomic mass is 32.2. The van der Waals surface area contributed by atoms with Gasteiger partial charge in [-0.1, -0.05) is 17.7 Å². The fourth-order valence-corrected chi connectivity index (χ4v) is 3.99. The Bertz CT molecular complexity index is 898. The fourth-order valence-electron chi connectivity index (χ4n) is 3.09. The molecule has 144 valence electrons. The van der Waals surface area contributed by atoms with Gasteiger partial charge >= 0.3 is 0 Å². The molecule has 3 rings (SSSR count). The lowest BCUT2D eigenvalue weighted by molar-refractivity contribution is 0.0746. The van der Waals surface area contributed by atoms with Crippen LogP contribution in [0.15, 0.2) is 53.4 Å². The summed E-state index contributed by atoms with van der Waals surface area (Å²) in [6.07, 6.45) is 0. The molecule has 27 heavy (non-hydrogen) atoms. The number of benzene rings is 2. The summed E-state index contributed by atoms with van der Waals surface area (Å²) in [5.41, 5.74) is 2.91. The first-order chi connectivity index (χ1) is 12.8. The van der Waals surface area contributed by atoms with Gasteiger partial charge in [-0.25, -0.2) is 12.7 Å². The van der Waals surface area contributed by atoms with Crippen molar-refractivity contribution in [3.63, 3.8) is 0 Å². The van der Waals surface area contributed by atoms with E-state index in [1.165, 1.54) is 37.5 Å². The molecule has 1 saturated heterocycles. The molecule has 0 N–H and O–H groups in total. The third kappa shape index (κ3) is 4.14. The van der Waals surface area contributed by atoms with Crippen LogP contribution in [-0.4, -0.2) is 63.8 Å². The maximum atomic E-state index is 12.7. The Morgan fingerprint density at radius 3 is 1.96 bits per heavy atom. The van der Waals surface area contributed by atoms with Crippen molar-refractivity contribution in [2.24, 2.45) is 0 Å². The molecule has 0 spiro atoms. The highest BCUT2D eigenvalue weighted by molar-refractivity contribution is 7.89. The summed E-state index contributed by atoms with van der Waals surface area (Å²) in [4.78, 5) is 17.0. The van der Waals surface area contributed by atoms with E-state index in [-0.39, 0.29) is 10.8 Å². The van der Waals surface area contributed by atoms with E-state index in [1.807, 2.05) is 4.90 Å². The van der Waals surface area contributed by atoms with Gasteiger partial charge in [0.1, 0.15) is 0 Å². The van der Waals surface area contributed by atoms with Crippen molar-refractivity contribution in [2.75, 3.05) is 45.2 Å². The van der Waals surface area contributed by atoms with Gasteiger partial charge in [0.2, 0.25) is 10.0 Å². The average molecular weight is 388 g/mol. The smallest absolute Gasteiger partial charge is 0.253 e. The van der Waals surface area contributed by atoms with Gasteiger partial charge < -0.3 is 9.80 Å². The van der Waals surface area contributed by atoms with E-state index < -0.39 is 10.0 Å². The minimum Gasteiger partial charge on any atom is -0.368 e. The van der Waals surface area contributed by atoms with Gasteiger partial charge in [-0.05, 0) is 43.3 Å². The topological polar surface area (TPSA) is 60.9 Å². The summed E-state index contributed by atoms with van der Waals surface area (Å²) in [6.45, 7) is 4.91. The average Bonchev–Trinajstić information content (AvgIpc) is 2.68. The van der Waals surface area contributed by atoms with Gasteiger partial charge in [-0.15, -0.1) is 0 Å². The first-order valence-electron chi connectivity index (χ1n) is 8.92. The van der Waals surface area contributed by atoms with Crippen LogP contribution in [0.25, 0.3) is 0 Å². The molecule has 0 atom stereocenters. The van der Waals surface area contributed by atoms with Crippen LogP contribution in [0.4, 0.5) is 5.69 Å². The highest BCUT2D eigenvalue weighted by Gasteiger charge is 2.23. The number of rotatable bonds is 4. The van der Waals surface area contributed by atoms with E-state index in [9.17, 15) is 13.2 Å². The van der Waals surface area contributed by atoms with Crippen LogP contribution in [-0.2, 0) is 10.0 Å². The largest absolute Gasteiger partial charge is 0.368 e. The number of amides is 1. The third-order valence-electron chi connectivity index (χ3n) is 4.85. The second-order valence-electron chi connectivity index (χ2n) is 6.93. The number of sulfonamides is 1. The van der Waals surface area contributed by atoms with Crippen LogP contribution in [0.1, 0.15) is 15.9 Å². The molecule has 0 unspecified atom stereocenters. The Hall–Kier alpha value is -2.38. The summed E-state index contributed by atoms with van der Waals surface area (Å²) in [5.74, 6) is -0.0626. The molecule has 2 aromatic rings. The van der Waals surface area contributed by atoms with Crippen LogP contribution in [0.3, 0.4) is 0 Å². The van der Waals surface area contributed by atoms with Crippen LogP contribution in [0.2, 0.25) is 0 Å². The lowest BCUT2D eigenvalue weighted by Crippen LogP contribution is -2.48. The number of carbonyl (C=O) groups excluding carboxylic acids is 1. The lowest BCUT2D eigenvalue weighted by Gasteiger charge is -2.36. The number of hydrogen-bond donors (Lipinski definition) is 0. The van der Waals surface area contributed by atoms with E-state index in [0.29, 0.717) is 18.7 Å². The van der Waals surface area contributed by atoms with Crippen molar-refractivity contribution < 1.29 is 13.2 Å². The maximum Gasteiger partial charge on any atom is 0.253 e. The Kier molecular flexibility index (Phi) is 5.53. The maximum absolute atomic E-state index is 12.7. The monoisotopic (exact) mass is 387 g/mol. The number of anilines is 1. The Morgan fingerprint density at radius 1 is 0.889 bits per heavy atom. The van der Waals surface area contributed by atoms with Crippen molar-refractivity contribution in [1.29, 1.82) is 0 Å². The van der Waals surface area contributed by atoms with E-state index in [2.05, 4.69) is 36.1 Å². The zero-order valence-corrected chi connectivity index (χ0v) is 16.7. The molecule has 1 heterocycles. The van der Waals surface area contributed by atoms with Crippen molar-refractivity contribution in [2.45, 2.75) is 11.8 Å². The molecular formula is C20H25N3O3S. The molecule has 2 aromatic carbocycles. The van der Waals surface area contributed by atoms with Gasteiger partial charge in [-0.3, -0.25) is 4.79 Å². The Balaban J connectivity index is 1.65. The molecule has 1 aliphatic heterocycles. The lowest BCUT2D eigenvalue weighted by atomic mass is 10.1. The fraction of sp³-hybridized carbons (Fsp3) is 0.350. The van der Waals surface area contributed by atoms with E-state index >= 15 is 0 Å².